The summed E-state index contributed by atoms with van der Waals surface area (Å²) in [6.45, 7) is 2.97. The Hall–Kier alpha value is -2.54. The minimum absolute atomic E-state index is 0.0117. The normalized spacial score (nSPS) is 16.1. The zero-order valence-electron chi connectivity index (χ0n) is 16.8. The quantitative estimate of drug-likeness (QED) is 0.681. The Bertz CT molecular complexity index is 916. The molecule has 6 nitrogen and oxygen atoms in total. The Labute approximate surface area is 179 Å². The zero-order valence-corrected chi connectivity index (χ0v) is 18.4. The smallest absolute Gasteiger partial charge is 0.229 e. The summed E-state index contributed by atoms with van der Waals surface area (Å²) in [4.78, 5) is 26.7. The van der Waals surface area contributed by atoms with Crippen molar-refractivity contribution in [2.75, 3.05) is 32.6 Å². The highest BCUT2D eigenvalue weighted by atomic mass is 79.9. The SMILES string of the molecule is COc1ccc(CCN2C[C@@H](C(=O)Nc3ccc(Br)c(C)c3)CC2=O)cc1OC. The topological polar surface area (TPSA) is 67.9 Å². The number of carbonyl (C=O) groups excluding carboxylic acids is 2. The number of methoxy groups -OCH3 is 2. The van der Waals surface area contributed by atoms with Gasteiger partial charge in [-0.25, -0.2) is 0 Å². The molecule has 0 aromatic heterocycles. The van der Waals surface area contributed by atoms with Gasteiger partial charge in [0.15, 0.2) is 11.5 Å². The molecule has 2 amide bonds. The van der Waals surface area contributed by atoms with E-state index in [-0.39, 0.29) is 24.2 Å². The Kier molecular flexibility index (Phi) is 6.79. The third kappa shape index (κ3) is 5.09. The number of hydrogen-bond acceptors (Lipinski definition) is 4. The van der Waals surface area contributed by atoms with Gasteiger partial charge < -0.3 is 19.7 Å². The Balaban J connectivity index is 1.57. The average molecular weight is 461 g/mol. The predicted octanol–water partition coefficient (Wildman–Crippen LogP) is 3.80. The minimum Gasteiger partial charge on any atom is -0.493 e. The second-order valence-corrected chi connectivity index (χ2v) is 7.99. The van der Waals surface area contributed by atoms with Gasteiger partial charge in [-0.3, -0.25) is 9.59 Å². The molecule has 0 saturated carbocycles. The maximum Gasteiger partial charge on any atom is 0.229 e. The molecule has 3 rings (SSSR count). The number of anilines is 1. The Morgan fingerprint density at radius 3 is 2.62 bits per heavy atom. The molecule has 1 aliphatic rings. The van der Waals surface area contributed by atoms with E-state index < -0.39 is 0 Å². The van der Waals surface area contributed by atoms with Gasteiger partial charge in [-0.1, -0.05) is 22.0 Å². The molecule has 1 fully saturated rings. The number of rotatable bonds is 7. The first-order valence-electron chi connectivity index (χ1n) is 9.47. The van der Waals surface area contributed by atoms with Crippen LogP contribution in [0, 0.1) is 12.8 Å². The number of halogens is 1. The number of likely N-dealkylation sites (tertiary alicyclic amines) is 1. The second kappa shape index (κ2) is 9.31. The van der Waals surface area contributed by atoms with Crippen LogP contribution in [0.3, 0.4) is 0 Å². The largest absolute Gasteiger partial charge is 0.493 e. The minimum atomic E-state index is -0.336. The number of hydrogen-bond donors (Lipinski definition) is 1. The molecule has 1 aliphatic heterocycles. The van der Waals surface area contributed by atoms with Gasteiger partial charge in [-0.05, 0) is 54.8 Å². The summed E-state index contributed by atoms with van der Waals surface area (Å²) >= 11 is 3.45. The number of ether oxygens (including phenoxy) is 2. The van der Waals surface area contributed by atoms with E-state index in [0.717, 1.165) is 21.3 Å². The first-order chi connectivity index (χ1) is 13.9. The predicted molar refractivity (Wildman–Crippen MR) is 115 cm³/mol. The van der Waals surface area contributed by atoms with Gasteiger partial charge in [0.2, 0.25) is 11.8 Å². The highest BCUT2D eigenvalue weighted by molar-refractivity contribution is 9.10. The Morgan fingerprint density at radius 2 is 1.93 bits per heavy atom. The molecule has 1 saturated heterocycles. The fraction of sp³-hybridized carbons (Fsp3) is 0.364. The molecule has 0 spiro atoms. The molecule has 1 N–H and O–H groups in total. The fourth-order valence-corrected chi connectivity index (χ4v) is 3.68. The highest BCUT2D eigenvalue weighted by Gasteiger charge is 2.34. The molecule has 0 unspecified atom stereocenters. The fourth-order valence-electron chi connectivity index (χ4n) is 3.43. The van der Waals surface area contributed by atoms with E-state index in [4.69, 9.17) is 9.47 Å². The van der Waals surface area contributed by atoms with Gasteiger partial charge in [0.05, 0.1) is 20.1 Å². The van der Waals surface area contributed by atoms with Crippen LogP contribution in [-0.2, 0) is 16.0 Å². The monoisotopic (exact) mass is 460 g/mol. The summed E-state index contributed by atoms with van der Waals surface area (Å²) in [5, 5.41) is 2.93. The van der Waals surface area contributed by atoms with Crippen LogP contribution < -0.4 is 14.8 Å². The van der Waals surface area contributed by atoms with Crippen molar-refractivity contribution in [3.63, 3.8) is 0 Å². The molecule has 2 aromatic rings. The molecule has 29 heavy (non-hydrogen) atoms. The van der Waals surface area contributed by atoms with Crippen molar-refractivity contribution in [3.05, 3.63) is 52.0 Å². The summed E-state index contributed by atoms with van der Waals surface area (Å²) in [6, 6.07) is 11.4. The maximum atomic E-state index is 12.6. The van der Waals surface area contributed by atoms with Gasteiger partial charge >= 0.3 is 0 Å². The second-order valence-electron chi connectivity index (χ2n) is 7.13. The van der Waals surface area contributed by atoms with Gasteiger partial charge in [0.25, 0.3) is 0 Å². The maximum absolute atomic E-state index is 12.6. The standard InChI is InChI=1S/C22H25BrN2O4/c1-14-10-17(5-6-18(14)23)24-22(27)16-12-21(26)25(13-16)9-8-15-4-7-19(28-2)20(11-15)29-3/h4-7,10-11,16H,8-9,12-13H2,1-3H3,(H,24,27)/t16-/m0/s1. The summed E-state index contributed by atoms with van der Waals surface area (Å²) in [6.07, 6.45) is 0.930. The zero-order chi connectivity index (χ0) is 21.0. The molecule has 1 heterocycles. The Morgan fingerprint density at radius 1 is 1.17 bits per heavy atom. The van der Waals surface area contributed by atoms with E-state index >= 15 is 0 Å². The van der Waals surface area contributed by atoms with Crippen molar-refractivity contribution < 1.29 is 19.1 Å². The molecule has 0 aliphatic carbocycles. The van der Waals surface area contributed by atoms with Crippen LogP contribution in [0.1, 0.15) is 17.5 Å². The van der Waals surface area contributed by atoms with E-state index in [1.54, 1.807) is 19.1 Å². The molecule has 0 radical (unpaired) electrons. The van der Waals surface area contributed by atoms with E-state index in [2.05, 4.69) is 21.2 Å². The lowest BCUT2D eigenvalue weighted by Gasteiger charge is -2.17. The van der Waals surface area contributed by atoms with E-state index in [1.807, 2.05) is 43.3 Å². The van der Waals surface area contributed by atoms with E-state index in [0.29, 0.717) is 31.0 Å². The molecular formula is C22H25BrN2O4. The lowest BCUT2D eigenvalue weighted by molar-refractivity contribution is -0.128. The lowest BCUT2D eigenvalue weighted by Crippen LogP contribution is -2.30. The van der Waals surface area contributed by atoms with Gasteiger partial charge in [-0.15, -0.1) is 0 Å². The summed E-state index contributed by atoms with van der Waals surface area (Å²) in [5.74, 6) is 0.899. The lowest BCUT2D eigenvalue weighted by atomic mass is 10.1. The van der Waals surface area contributed by atoms with Crippen LogP contribution in [0.4, 0.5) is 5.69 Å². The number of carbonyl (C=O) groups is 2. The molecule has 154 valence electrons. The molecule has 7 heteroatoms. The van der Waals surface area contributed by atoms with Crippen molar-refractivity contribution in [1.29, 1.82) is 0 Å². The van der Waals surface area contributed by atoms with E-state index in [1.165, 1.54) is 0 Å². The van der Waals surface area contributed by atoms with E-state index in [9.17, 15) is 9.59 Å². The molecular weight excluding hydrogens is 436 g/mol. The third-order valence-electron chi connectivity index (χ3n) is 5.13. The van der Waals surface area contributed by atoms with Crippen molar-refractivity contribution in [3.8, 4) is 11.5 Å². The average Bonchev–Trinajstić information content (AvgIpc) is 3.09. The highest BCUT2D eigenvalue weighted by Crippen LogP contribution is 2.28. The van der Waals surface area contributed by atoms with Gasteiger partial charge in [0.1, 0.15) is 0 Å². The van der Waals surface area contributed by atoms with Gasteiger partial charge in [-0.2, -0.15) is 0 Å². The van der Waals surface area contributed by atoms with Crippen molar-refractivity contribution in [2.45, 2.75) is 19.8 Å². The number of benzene rings is 2. The summed E-state index contributed by atoms with van der Waals surface area (Å²) in [7, 11) is 3.20. The van der Waals surface area contributed by atoms with Crippen LogP contribution in [0.5, 0.6) is 11.5 Å². The van der Waals surface area contributed by atoms with Crippen molar-refractivity contribution >= 4 is 33.4 Å². The summed E-state index contributed by atoms with van der Waals surface area (Å²) in [5.41, 5.74) is 2.84. The molecule has 1 atom stereocenters. The van der Waals surface area contributed by atoms with Crippen LogP contribution >= 0.6 is 15.9 Å². The van der Waals surface area contributed by atoms with Crippen LogP contribution in [0.2, 0.25) is 0 Å². The summed E-state index contributed by atoms with van der Waals surface area (Å²) < 4.78 is 11.6. The van der Waals surface area contributed by atoms with Gasteiger partial charge in [0, 0.05) is 29.7 Å². The van der Waals surface area contributed by atoms with Crippen LogP contribution in [0.15, 0.2) is 40.9 Å². The number of nitrogens with zero attached hydrogens (tertiary/aromatic N) is 1. The first kappa shape index (κ1) is 21.2. The van der Waals surface area contributed by atoms with Crippen molar-refractivity contribution in [1.82, 2.24) is 4.90 Å². The first-order valence-corrected chi connectivity index (χ1v) is 10.3. The third-order valence-corrected chi connectivity index (χ3v) is 6.02. The number of nitrogens with one attached hydrogen (secondary N) is 1. The molecule has 0 bridgehead atoms. The number of aryl methyl sites for hydroxylation is 1. The molecule has 2 aromatic carbocycles. The van der Waals surface area contributed by atoms with Crippen LogP contribution in [0.25, 0.3) is 0 Å². The van der Waals surface area contributed by atoms with Crippen LogP contribution in [-0.4, -0.2) is 44.0 Å². The number of amides is 2. The van der Waals surface area contributed by atoms with Crippen molar-refractivity contribution in [2.24, 2.45) is 5.92 Å².